The molecule has 3 atom stereocenters. The minimum atomic E-state index is -0.0294. The Bertz CT molecular complexity index is 380. The molecule has 122 valence electrons. The topological polar surface area (TPSA) is 44.4 Å². The van der Waals surface area contributed by atoms with E-state index in [0.29, 0.717) is 12.5 Å². The standard InChI is InChI=1S/C17H33N3O/c1-16(2)13-7-8-14(11-13)17(16,3)19-15(21)12-18-9-6-10-20(4)5/h13-14,18H,6-12H2,1-5H3,(H,19,21)/t13-,14+,17-/m1/s1. The lowest BCUT2D eigenvalue weighted by Crippen LogP contribution is -2.60. The molecule has 0 aromatic heterocycles. The Morgan fingerprint density at radius 3 is 2.43 bits per heavy atom. The lowest BCUT2D eigenvalue weighted by molar-refractivity contribution is -0.124. The summed E-state index contributed by atoms with van der Waals surface area (Å²) in [5, 5.41) is 6.63. The molecule has 0 saturated heterocycles. The summed E-state index contributed by atoms with van der Waals surface area (Å²) in [5.74, 6) is 1.60. The van der Waals surface area contributed by atoms with Crippen LogP contribution in [0.3, 0.4) is 0 Å². The van der Waals surface area contributed by atoms with Gasteiger partial charge in [0.25, 0.3) is 0 Å². The number of hydrogen-bond acceptors (Lipinski definition) is 3. The van der Waals surface area contributed by atoms with E-state index in [2.05, 4.69) is 50.4 Å². The second kappa shape index (κ2) is 6.25. The van der Waals surface area contributed by atoms with E-state index < -0.39 is 0 Å². The average Bonchev–Trinajstić information content (AvgIpc) is 2.92. The highest BCUT2D eigenvalue weighted by Crippen LogP contribution is 2.61. The molecule has 2 aliphatic rings. The Labute approximate surface area is 130 Å². The number of fused-ring (bicyclic) bond motifs is 2. The van der Waals surface area contributed by atoms with Gasteiger partial charge in [-0.25, -0.2) is 0 Å². The Hall–Kier alpha value is -0.610. The molecule has 0 radical (unpaired) electrons. The van der Waals surface area contributed by atoms with Crippen molar-refractivity contribution in [2.24, 2.45) is 17.3 Å². The van der Waals surface area contributed by atoms with Gasteiger partial charge in [-0.1, -0.05) is 13.8 Å². The van der Waals surface area contributed by atoms with Crippen LogP contribution >= 0.6 is 0 Å². The van der Waals surface area contributed by atoms with E-state index in [-0.39, 0.29) is 16.9 Å². The van der Waals surface area contributed by atoms with E-state index in [1.165, 1.54) is 19.3 Å². The van der Waals surface area contributed by atoms with Crippen LogP contribution < -0.4 is 10.6 Å². The Balaban J connectivity index is 1.77. The van der Waals surface area contributed by atoms with Crippen LogP contribution in [0.5, 0.6) is 0 Å². The summed E-state index contributed by atoms with van der Waals surface area (Å²) < 4.78 is 0. The third-order valence-electron chi connectivity index (χ3n) is 6.25. The van der Waals surface area contributed by atoms with E-state index >= 15 is 0 Å². The molecule has 0 aromatic rings. The normalized spacial score (nSPS) is 33.6. The molecule has 21 heavy (non-hydrogen) atoms. The number of nitrogens with one attached hydrogen (secondary N) is 2. The fourth-order valence-electron chi connectivity index (χ4n) is 4.43. The highest BCUT2D eigenvalue weighted by molar-refractivity contribution is 5.79. The number of carbonyl (C=O) groups is 1. The minimum Gasteiger partial charge on any atom is -0.349 e. The first-order chi connectivity index (χ1) is 9.77. The molecule has 4 nitrogen and oxygen atoms in total. The number of nitrogens with zero attached hydrogens (tertiary/aromatic N) is 1. The third kappa shape index (κ3) is 3.26. The van der Waals surface area contributed by atoms with Gasteiger partial charge in [-0.15, -0.1) is 0 Å². The Morgan fingerprint density at radius 1 is 1.19 bits per heavy atom. The van der Waals surface area contributed by atoms with Gasteiger partial charge in [-0.3, -0.25) is 4.79 Å². The Kier molecular flexibility index (Phi) is 4.99. The second-order valence-corrected chi connectivity index (χ2v) is 8.01. The first-order valence-corrected chi connectivity index (χ1v) is 8.44. The van der Waals surface area contributed by atoms with Crippen molar-refractivity contribution in [3.05, 3.63) is 0 Å². The number of hydrogen-bond donors (Lipinski definition) is 2. The molecule has 2 N–H and O–H groups in total. The van der Waals surface area contributed by atoms with E-state index in [1.807, 2.05) is 0 Å². The van der Waals surface area contributed by atoms with E-state index in [0.717, 1.165) is 25.4 Å². The molecule has 2 bridgehead atoms. The second-order valence-electron chi connectivity index (χ2n) is 8.01. The van der Waals surface area contributed by atoms with Gasteiger partial charge in [0.05, 0.1) is 6.54 Å². The van der Waals surface area contributed by atoms with Crippen LogP contribution in [0.25, 0.3) is 0 Å². The van der Waals surface area contributed by atoms with Gasteiger partial charge in [0.1, 0.15) is 0 Å². The maximum Gasteiger partial charge on any atom is 0.234 e. The van der Waals surface area contributed by atoms with Crippen molar-refractivity contribution in [2.75, 3.05) is 33.7 Å². The fraction of sp³-hybridized carbons (Fsp3) is 0.941. The maximum atomic E-state index is 12.3. The highest BCUT2D eigenvalue weighted by atomic mass is 16.2. The smallest absolute Gasteiger partial charge is 0.234 e. The van der Waals surface area contributed by atoms with Crippen LogP contribution in [0.1, 0.15) is 46.5 Å². The number of amides is 1. The van der Waals surface area contributed by atoms with Crippen molar-refractivity contribution in [3.63, 3.8) is 0 Å². The summed E-state index contributed by atoms with van der Waals surface area (Å²) in [7, 11) is 4.15. The van der Waals surface area contributed by atoms with E-state index in [4.69, 9.17) is 0 Å². The molecular formula is C17H33N3O. The van der Waals surface area contributed by atoms with Crippen LogP contribution in [-0.2, 0) is 4.79 Å². The lowest BCUT2D eigenvalue weighted by atomic mass is 9.64. The molecule has 2 saturated carbocycles. The number of rotatable bonds is 7. The molecule has 0 aromatic carbocycles. The maximum absolute atomic E-state index is 12.3. The van der Waals surface area contributed by atoms with Crippen LogP contribution in [0, 0.1) is 17.3 Å². The molecule has 0 spiro atoms. The molecule has 0 unspecified atom stereocenters. The molecule has 1 amide bonds. The molecule has 0 aliphatic heterocycles. The van der Waals surface area contributed by atoms with Gasteiger partial charge in [-0.05, 0) is 77.0 Å². The van der Waals surface area contributed by atoms with Crippen LogP contribution in [-0.4, -0.2) is 50.1 Å². The fourth-order valence-corrected chi connectivity index (χ4v) is 4.43. The molecular weight excluding hydrogens is 262 g/mol. The number of carbonyl (C=O) groups excluding carboxylic acids is 1. The third-order valence-corrected chi connectivity index (χ3v) is 6.25. The van der Waals surface area contributed by atoms with Crippen molar-refractivity contribution < 1.29 is 4.79 Å². The summed E-state index contributed by atoms with van der Waals surface area (Å²) in [4.78, 5) is 14.4. The van der Waals surface area contributed by atoms with Gasteiger partial charge >= 0.3 is 0 Å². The molecule has 2 rings (SSSR count). The monoisotopic (exact) mass is 295 g/mol. The van der Waals surface area contributed by atoms with Gasteiger partial charge in [0, 0.05) is 5.54 Å². The van der Waals surface area contributed by atoms with Crippen LogP contribution in [0.4, 0.5) is 0 Å². The van der Waals surface area contributed by atoms with E-state index in [9.17, 15) is 4.79 Å². The largest absolute Gasteiger partial charge is 0.349 e. The summed E-state index contributed by atoms with van der Waals surface area (Å²) in [5.41, 5.74) is 0.189. The van der Waals surface area contributed by atoms with Crippen LogP contribution in [0.15, 0.2) is 0 Å². The Morgan fingerprint density at radius 2 is 1.86 bits per heavy atom. The summed E-state index contributed by atoms with van der Waals surface area (Å²) >= 11 is 0. The predicted molar refractivity (Wildman–Crippen MR) is 87.2 cm³/mol. The van der Waals surface area contributed by atoms with Gasteiger partial charge in [-0.2, -0.15) is 0 Å². The zero-order valence-corrected chi connectivity index (χ0v) is 14.5. The molecule has 2 fully saturated rings. The van der Waals surface area contributed by atoms with Crippen molar-refractivity contribution in [2.45, 2.75) is 52.0 Å². The molecule has 2 aliphatic carbocycles. The lowest BCUT2D eigenvalue weighted by Gasteiger charge is -2.48. The quantitative estimate of drug-likeness (QED) is 0.705. The summed E-state index contributed by atoms with van der Waals surface area (Å²) in [6.07, 6.45) is 4.99. The first-order valence-electron chi connectivity index (χ1n) is 8.44. The van der Waals surface area contributed by atoms with Crippen molar-refractivity contribution >= 4 is 5.91 Å². The SMILES string of the molecule is CN(C)CCCNCC(=O)N[C@]1(C)[C@H]2CC[C@H](C2)C1(C)C. The first kappa shape index (κ1) is 16.8. The van der Waals surface area contributed by atoms with Crippen molar-refractivity contribution in [3.8, 4) is 0 Å². The minimum absolute atomic E-state index is 0.0294. The highest BCUT2D eigenvalue weighted by Gasteiger charge is 2.60. The van der Waals surface area contributed by atoms with Gasteiger partial charge in [0.2, 0.25) is 5.91 Å². The average molecular weight is 295 g/mol. The van der Waals surface area contributed by atoms with Crippen molar-refractivity contribution in [1.29, 1.82) is 0 Å². The van der Waals surface area contributed by atoms with Crippen molar-refractivity contribution in [1.82, 2.24) is 15.5 Å². The zero-order valence-electron chi connectivity index (χ0n) is 14.5. The predicted octanol–water partition coefficient (Wildman–Crippen LogP) is 1.86. The van der Waals surface area contributed by atoms with Crippen LogP contribution in [0.2, 0.25) is 0 Å². The summed E-state index contributed by atoms with van der Waals surface area (Å²) in [6, 6.07) is 0. The molecule has 4 heteroatoms. The zero-order chi connectivity index (χ0) is 15.7. The van der Waals surface area contributed by atoms with Gasteiger partial charge < -0.3 is 15.5 Å². The van der Waals surface area contributed by atoms with E-state index in [1.54, 1.807) is 0 Å². The van der Waals surface area contributed by atoms with Gasteiger partial charge in [0.15, 0.2) is 0 Å². The molecule has 0 heterocycles. The summed E-state index contributed by atoms with van der Waals surface area (Å²) in [6.45, 7) is 9.33.